The molecule has 2 N–H and O–H groups in total. The van der Waals surface area contributed by atoms with E-state index in [0.717, 1.165) is 38.3 Å². The third kappa shape index (κ3) is 2.82. The van der Waals surface area contributed by atoms with Crippen molar-refractivity contribution in [1.82, 2.24) is 10.2 Å². The summed E-state index contributed by atoms with van der Waals surface area (Å²) in [7, 11) is 0. The minimum atomic E-state index is -0.0243. The quantitative estimate of drug-likeness (QED) is 0.860. The van der Waals surface area contributed by atoms with Gasteiger partial charge in [0.05, 0.1) is 0 Å². The molecule has 1 aliphatic heterocycles. The van der Waals surface area contributed by atoms with E-state index in [2.05, 4.69) is 22.8 Å². The van der Waals surface area contributed by atoms with Crippen molar-refractivity contribution in [1.29, 1.82) is 0 Å². The molecule has 0 saturated heterocycles. The van der Waals surface area contributed by atoms with Crippen LogP contribution >= 0.6 is 0 Å². The number of nitrogens with zero attached hydrogens (tertiary/aromatic N) is 1. The number of carbonyl (C=O) groups excluding carboxylic acids is 1. The van der Waals surface area contributed by atoms with E-state index in [4.69, 9.17) is 0 Å². The number of carbonyl (C=O) groups is 1. The molecule has 98 valence electrons. The van der Waals surface area contributed by atoms with E-state index >= 15 is 0 Å². The van der Waals surface area contributed by atoms with Gasteiger partial charge in [-0.1, -0.05) is 6.07 Å². The van der Waals surface area contributed by atoms with Gasteiger partial charge in [0, 0.05) is 25.3 Å². The van der Waals surface area contributed by atoms with E-state index in [0.29, 0.717) is 0 Å². The predicted octanol–water partition coefficient (Wildman–Crippen LogP) is 2.21. The molecule has 1 aliphatic rings. The first kappa shape index (κ1) is 12.9. The summed E-state index contributed by atoms with van der Waals surface area (Å²) in [6, 6.07) is 6.16. The van der Waals surface area contributed by atoms with Gasteiger partial charge in [-0.2, -0.15) is 0 Å². The first-order chi connectivity index (χ1) is 8.74. The Morgan fingerprint density at radius 2 is 2.11 bits per heavy atom. The summed E-state index contributed by atoms with van der Waals surface area (Å²) in [5.41, 5.74) is 3.56. The maximum atomic E-state index is 11.9. The molecule has 18 heavy (non-hydrogen) atoms. The van der Waals surface area contributed by atoms with Crippen LogP contribution in [-0.2, 0) is 13.0 Å². The number of rotatable bonds is 3. The number of anilines is 1. The van der Waals surface area contributed by atoms with Gasteiger partial charge in [-0.15, -0.1) is 0 Å². The number of hydrogen-bond donors (Lipinski definition) is 2. The van der Waals surface area contributed by atoms with Gasteiger partial charge >= 0.3 is 6.03 Å². The Labute approximate surface area is 108 Å². The van der Waals surface area contributed by atoms with Crippen LogP contribution in [0.25, 0.3) is 0 Å². The maximum absolute atomic E-state index is 11.9. The third-order valence-electron chi connectivity index (χ3n) is 3.39. The summed E-state index contributed by atoms with van der Waals surface area (Å²) in [5.74, 6) is 0. The van der Waals surface area contributed by atoms with Crippen LogP contribution in [0.4, 0.5) is 10.5 Å². The van der Waals surface area contributed by atoms with Crippen molar-refractivity contribution >= 4 is 11.7 Å². The molecule has 4 heteroatoms. The average molecular weight is 247 g/mol. The molecule has 0 unspecified atom stereocenters. The Morgan fingerprint density at radius 3 is 2.83 bits per heavy atom. The van der Waals surface area contributed by atoms with Crippen LogP contribution in [0.15, 0.2) is 18.2 Å². The molecule has 0 spiro atoms. The standard InChI is InChI=1S/C14H21N3O/c1-3-17(4-2)14(18)16-13-6-5-11-7-8-15-10-12(11)9-13/h5-6,9,15H,3-4,7-8,10H2,1-2H3,(H,16,18). The Balaban J connectivity index is 2.08. The van der Waals surface area contributed by atoms with E-state index in [1.54, 1.807) is 4.90 Å². The van der Waals surface area contributed by atoms with Gasteiger partial charge in [-0.25, -0.2) is 4.79 Å². The average Bonchev–Trinajstić information content (AvgIpc) is 2.40. The van der Waals surface area contributed by atoms with Gasteiger partial charge in [0.15, 0.2) is 0 Å². The Hall–Kier alpha value is -1.55. The Morgan fingerprint density at radius 1 is 1.33 bits per heavy atom. The first-order valence-corrected chi connectivity index (χ1v) is 6.63. The fraction of sp³-hybridized carbons (Fsp3) is 0.500. The van der Waals surface area contributed by atoms with Crippen molar-refractivity contribution in [3.05, 3.63) is 29.3 Å². The van der Waals surface area contributed by atoms with Crippen LogP contribution < -0.4 is 10.6 Å². The second-order valence-corrected chi connectivity index (χ2v) is 4.51. The van der Waals surface area contributed by atoms with Crippen molar-refractivity contribution in [3.8, 4) is 0 Å². The van der Waals surface area contributed by atoms with Gasteiger partial charge in [0.1, 0.15) is 0 Å². The van der Waals surface area contributed by atoms with Crippen LogP contribution in [0.5, 0.6) is 0 Å². The van der Waals surface area contributed by atoms with Crippen LogP contribution in [0, 0.1) is 0 Å². The topological polar surface area (TPSA) is 44.4 Å². The number of benzene rings is 1. The lowest BCUT2D eigenvalue weighted by molar-refractivity contribution is 0.217. The number of hydrogen-bond acceptors (Lipinski definition) is 2. The van der Waals surface area contributed by atoms with E-state index in [1.165, 1.54) is 11.1 Å². The highest BCUT2D eigenvalue weighted by molar-refractivity contribution is 5.89. The van der Waals surface area contributed by atoms with Crippen molar-refractivity contribution in [2.24, 2.45) is 0 Å². The van der Waals surface area contributed by atoms with Crippen molar-refractivity contribution in [3.63, 3.8) is 0 Å². The van der Waals surface area contributed by atoms with Crippen LogP contribution in [-0.4, -0.2) is 30.6 Å². The van der Waals surface area contributed by atoms with Crippen LogP contribution in [0.3, 0.4) is 0 Å². The lowest BCUT2D eigenvalue weighted by atomic mass is 10.0. The maximum Gasteiger partial charge on any atom is 0.321 e. The summed E-state index contributed by atoms with van der Waals surface area (Å²) in [6.07, 6.45) is 1.07. The monoisotopic (exact) mass is 247 g/mol. The Bertz CT molecular complexity index is 427. The Kier molecular flexibility index (Phi) is 4.20. The van der Waals surface area contributed by atoms with Crippen molar-refractivity contribution < 1.29 is 4.79 Å². The number of nitrogens with one attached hydrogen (secondary N) is 2. The molecule has 0 atom stereocenters. The summed E-state index contributed by atoms with van der Waals surface area (Å²) in [4.78, 5) is 13.7. The highest BCUT2D eigenvalue weighted by Crippen LogP contribution is 2.19. The molecule has 0 saturated carbocycles. The van der Waals surface area contributed by atoms with Crippen LogP contribution in [0.2, 0.25) is 0 Å². The second-order valence-electron chi connectivity index (χ2n) is 4.51. The minimum absolute atomic E-state index is 0.0243. The van der Waals surface area contributed by atoms with Gasteiger partial charge in [-0.05, 0) is 50.1 Å². The lowest BCUT2D eigenvalue weighted by Crippen LogP contribution is -2.34. The third-order valence-corrected chi connectivity index (χ3v) is 3.39. The van der Waals surface area contributed by atoms with Crippen molar-refractivity contribution in [2.75, 3.05) is 25.0 Å². The zero-order valence-electron chi connectivity index (χ0n) is 11.1. The summed E-state index contributed by atoms with van der Waals surface area (Å²) in [6.45, 7) is 7.37. The van der Waals surface area contributed by atoms with Crippen LogP contribution in [0.1, 0.15) is 25.0 Å². The van der Waals surface area contributed by atoms with E-state index < -0.39 is 0 Å². The van der Waals surface area contributed by atoms with Gasteiger partial charge < -0.3 is 15.5 Å². The number of fused-ring (bicyclic) bond motifs is 1. The second kappa shape index (κ2) is 5.87. The molecule has 0 aromatic heterocycles. The summed E-state index contributed by atoms with van der Waals surface area (Å²) in [5, 5.41) is 6.30. The smallest absolute Gasteiger partial charge is 0.321 e. The molecule has 4 nitrogen and oxygen atoms in total. The number of urea groups is 1. The molecule has 2 rings (SSSR count). The molecule has 0 bridgehead atoms. The molecular formula is C14H21N3O. The fourth-order valence-electron chi connectivity index (χ4n) is 2.27. The molecule has 0 radical (unpaired) electrons. The first-order valence-electron chi connectivity index (χ1n) is 6.63. The van der Waals surface area contributed by atoms with E-state index in [9.17, 15) is 4.79 Å². The molecular weight excluding hydrogens is 226 g/mol. The molecule has 1 aromatic rings. The number of amides is 2. The van der Waals surface area contributed by atoms with Gasteiger partial charge in [0.25, 0.3) is 0 Å². The summed E-state index contributed by atoms with van der Waals surface area (Å²) >= 11 is 0. The lowest BCUT2D eigenvalue weighted by Gasteiger charge is -2.21. The van der Waals surface area contributed by atoms with Gasteiger partial charge in [0.2, 0.25) is 0 Å². The molecule has 2 amide bonds. The van der Waals surface area contributed by atoms with Crippen molar-refractivity contribution in [2.45, 2.75) is 26.8 Å². The molecule has 0 fully saturated rings. The largest absolute Gasteiger partial charge is 0.325 e. The molecule has 0 aliphatic carbocycles. The molecule has 1 heterocycles. The SMILES string of the molecule is CCN(CC)C(=O)Nc1ccc2c(c1)CNCC2. The van der Waals surface area contributed by atoms with Gasteiger partial charge in [-0.3, -0.25) is 0 Å². The zero-order valence-corrected chi connectivity index (χ0v) is 11.1. The normalized spacial score (nSPS) is 13.9. The molecule has 1 aromatic carbocycles. The highest BCUT2D eigenvalue weighted by Gasteiger charge is 2.12. The zero-order chi connectivity index (χ0) is 13.0. The van der Waals surface area contributed by atoms with E-state index in [1.807, 2.05) is 19.9 Å². The van der Waals surface area contributed by atoms with E-state index in [-0.39, 0.29) is 6.03 Å². The predicted molar refractivity (Wildman–Crippen MR) is 73.8 cm³/mol. The summed E-state index contributed by atoms with van der Waals surface area (Å²) < 4.78 is 0. The fourth-order valence-corrected chi connectivity index (χ4v) is 2.27. The minimum Gasteiger partial charge on any atom is -0.325 e. The highest BCUT2D eigenvalue weighted by atomic mass is 16.2.